The van der Waals surface area contributed by atoms with Crippen LogP contribution in [0.15, 0.2) is 146 Å². The Bertz CT molecular complexity index is 2440. The summed E-state index contributed by atoms with van der Waals surface area (Å²) in [7, 11) is 0. The molecule has 0 aliphatic heterocycles. The van der Waals surface area contributed by atoms with Gasteiger partial charge in [0, 0.05) is 0 Å². The van der Waals surface area contributed by atoms with Gasteiger partial charge in [0.15, 0.2) is 0 Å². The van der Waals surface area contributed by atoms with E-state index in [1.807, 2.05) is 60.7 Å². The molecule has 0 atom stereocenters. The Morgan fingerprint density at radius 1 is 0.432 bits per heavy atom. The number of rotatable bonds is 4. The van der Waals surface area contributed by atoms with E-state index in [9.17, 15) is 0 Å². The minimum atomic E-state index is 0.276. The zero-order valence-electron chi connectivity index (χ0n) is 23.6. The first kappa shape index (κ1) is 25.2. The number of aromatic nitrogens is 4. The van der Waals surface area contributed by atoms with Crippen LogP contribution in [0, 0.1) is 0 Å². The molecule has 9 aromatic rings. The average Bonchev–Trinajstić information content (AvgIpc) is 3.64. The van der Waals surface area contributed by atoms with Crippen molar-refractivity contribution in [2.75, 3.05) is 0 Å². The van der Waals surface area contributed by atoms with Gasteiger partial charge in [-0.1, -0.05) is 36.4 Å². The van der Waals surface area contributed by atoms with Crippen LogP contribution < -0.4 is 0 Å². The van der Waals surface area contributed by atoms with Gasteiger partial charge in [-0.25, -0.2) is 0 Å². The zero-order valence-corrected chi connectivity index (χ0v) is 25.3. The van der Waals surface area contributed by atoms with Crippen LogP contribution in [-0.2, 0) is 0 Å². The van der Waals surface area contributed by atoms with Crippen LogP contribution in [0.5, 0.6) is 0 Å². The fourth-order valence-corrected chi connectivity index (χ4v) is 8.83. The van der Waals surface area contributed by atoms with E-state index in [2.05, 4.69) is 89.5 Å². The third-order valence-electron chi connectivity index (χ3n) is 8.28. The molecule has 4 nitrogen and oxygen atoms in total. The van der Waals surface area contributed by atoms with Crippen molar-refractivity contribution in [2.24, 2.45) is 0 Å². The second-order valence-electron chi connectivity index (χ2n) is 10.9. The molecule has 0 bridgehead atoms. The molecule has 0 aliphatic rings. The fraction of sp³-hybridized carbons (Fsp3) is 0. The standard InChI is InChI=1S/C39H24N4Se/c1-3-12-25(13-4-1)37-40-38(26-14-5-2-6-15-26)42-39(41-37)43-33-20-9-7-16-29(33)32-24-27(22-23-34(32)43)28-18-11-19-31-30-17-8-10-21-35(30)44-36(28)31/h1-24H. The van der Waals surface area contributed by atoms with Crippen LogP contribution in [0.1, 0.15) is 0 Å². The van der Waals surface area contributed by atoms with Gasteiger partial charge in [-0.2, -0.15) is 0 Å². The summed E-state index contributed by atoms with van der Waals surface area (Å²) in [6, 6.07) is 51.2. The molecule has 0 saturated heterocycles. The summed E-state index contributed by atoms with van der Waals surface area (Å²) in [4.78, 5) is 15.0. The van der Waals surface area contributed by atoms with Crippen molar-refractivity contribution in [2.45, 2.75) is 0 Å². The smallest absolute Gasteiger partial charge is 0.0615 e. The van der Waals surface area contributed by atoms with Gasteiger partial charge in [0.1, 0.15) is 0 Å². The van der Waals surface area contributed by atoms with Crippen molar-refractivity contribution >= 4 is 55.6 Å². The number of para-hydroxylation sites is 1. The first-order valence-electron chi connectivity index (χ1n) is 14.6. The van der Waals surface area contributed by atoms with Crippen LogP contribution >= 0.6 is 0 Å². The predicted octanol–water partition coefficient (Wildman–Crippen LogP) is 9.33. The normalized spacial score (nSPS) is 11.6. The minimum absolute atomic E-state index is 0.276. The van der Waals surface area contributed by atoms with Gasteiger partial charge in [-0.05, 0) is 0 Å². The summed E-state index contributed by atoms with van der Waals surface area (Å²) >= 11 is 0.276. The average molecular weight is 628 g/mol. The van der Waals surface area contributed by atoms with Crippen molar-refractivity contribution in [3.63, 3.8) is 0 Å². The third kappa shape index (κ3) is 4.02. The molecule has 44 heavy (non-hydrogen) atoms. The summed E-state index contributed by atoms with van der Waals surface area (Å²) in [5.41, 5.74) is 6.60. The second kappa shape index (κ2) is 10.1. The number of benzene rings is 6. The van der Waals surface area contributed by atoms with Gasteiger partial charge in [-0.3, -0.25) is 0 Å². The van der Waals surface area contributed by atoms with E-state index in [-0.39, 0.29) is 14.5 Å². The van der Waals surface area contributed by atoms with E-state index in [4.69, 9.17) is 15.0 Å². The van der Waals surface area contributed by atoms with Crippen molar-refractivity contribution in [1.82, 2.24) is 19.5 Å². The van der Waals surface area contributed by atoms with Crippen molar-refractivity contribution in [1.29, 1.82) is 0 Å². The summed E-state index contributed by atoms with van der Waals surface area (Å²) in [5, 5.41) is 5.10. The Morgan fingerprint density at radius 2 is 1.05 bits per heavy atom. The van der Waals surface area contributed by atoms with Crippen LogP contribution in [0.4, 0.5) is 0 Å². The number of hydrogen-bond donors (Lipinski definition) is 0. The van der Waals surface area contributed by atoms with Crippen molar-refractivity contribution in [3.05, 3.63) is 146 Å². The topological polar surface area (TPSA) is 43.6 Å². The van der Waals surface area contributed by atoms with E-state index in [0.29, 0.717) is 17.6 Å². The van der Waals surface area contributed by atoms with Crippen LogP contribution in [0.3, 0.4) is 0 Å². The molecule has 0 saturated carbocycles. The Morgan fingerprint density at radius 3 is 1.80 bits per heavy atom. The van der Waals surface area contributed by atoms with Gasteiger partial charge >= 0.3 is 224 Å². The summed E-state index contributed by atoms with van der Waals surface area (Å²) in [5.74, 6) is 1.91. The zero-order chi connectivity index (χ0) is 29.0. The van der Waals surface area contributed by atoms with Crippen molar-refractivity contribution < 1.29 is 0 Å². The van der Waals surface area contributed by atoms with E-state index in [0.717, 1.165) is 22.2 Å². The van der Waals surface area contributed by atoms with Crippen molar-refractivity contribution in [3.8, 4) is 39.9 Å². The molecule has 0 spiro atoms. The van der Waals surface area contributed by atoms with Crippen LogP contribution in [0.25, 0.3) is 80.9 Å². The molecule has 6 aromatic carbocycles. The molecule has 3 aromatic heterocycles. The SMILES string of the molecule is c1ccc(-c2nc(-c3ccccc3)nc(-n3c4ccccc4c4cc(-c5cccc6c5[se]c5ccccc56)ccc43)n2)cc1. The molecule has 0 N–H and O–H groups in total. The van der Waals surface area contributed by atoms with E-state index in [1.165, 1.54) is 41.2 Å². The number of fused-ring (bicyclic) bond motifs is 6. The van der Waals surface area contributed by atoms with Gasteiger partial charge < -0.3 is 0 Å². The number of nitrogens with zero attached hydrogens (tertiary/aromatic N) is 4. The van der Waals surface area contributed by atoms with Crippen LogP contribution in [0.2, 0.25) is 0 Å². The molecule has 206 valence electrons. The first-order valence-corrected chi connectivity index (χ1v) is 16.3. The Kier molecular flexibility index (Phi) is 5.80. The summed E-state index contributed by atoms with van der Waals surface area (Å²) in [6.45, 7) is 0. The van der Waals surface area contributed by atoms with E-state index < -0.39 is 0 Å². The Hall–Kier alpha value is -5.35. The van der Waals surface area contributed by atoms with E-state index in [1.54, 1.807) is 0 Å². The predicted molar refractivity (Wildman–Crippen MR) is 182 cm³/mol. The molecular weight excluding hydrogens is 603 g/mol. The molecule has 0 unspecified atom stereocenters. The quantitative estimate of drug-likeness (QED) is 0.183. The first-order chi connectivity index (χ1) is 21.8. The number of hydrogen-bond acceptors (Lipinski definition) is 3. The molecule has 0 fully saturated rings. The molecule has 0 aliphatic carbocycles. The summed E-state index contributed by atoms with van der Waals surface area (Å²) in [6.07, 6.45) is 0. The van der Waals surface area contributed by atoms with Gasteiger partial charge in [0.05, 0.1) is 0 Å². The van der Waals surface area contributed by atoms with Crippen LogP contribution in [-0.4, -0.2) is 34.0 Å². The molecule has 0 amide bonds. The van der Waals surface area contributed by atoms with Gasteiger partial charge in [-0.15, -0.1) is 0 Å². The summed E-state index contributed by atoms with van der Waals surface area (Å²) < 4.78 is 5.10. The molecule has 3 heterocycles. The van der Waals surface area contributed by atoms with Gasteiger partial charge in [0.2, 0.25) is 0 Å². The second-order valence-corrected chi connectivity index (χ2v) is 13.1. The maximum atomic E-state index is 5.07. The monoisotopic (exact) mass is 628 g/mol. The molecular formula is C39H24N4Se. The van der Waals surface area contributed by atoms with E-state index >= 15 is 0 Å². The Labute approximate surface area is 259 Å². The Balaban J connectivity index is 1.30. The minimum Gasteiger partial charge on any atom is -0.0615 e. The fourth-order valence-electron chi connectivity index (χ4n) is 6.23. The third-order valence-corrected chi connectivity index (χ3v) is 10.8. The maximum absolute atomic E-state index is 5.07. The molecule has 0 radical (unpaired) electrons. The molecule has 5 heteroatoms. The van der Waals surface area contributed by atoms with Gasteiger partial charge in [0.25, 0.3) is 0 Å². The molecule has 9 rings (SSSR count).